The van der Waals surface area contributed by atoms with E-state index in [0.29, 0.717) is 5.76 Å². The van der Waals surface area contributed by atoms with E-state index in [2.05, 4.69) is 25.3 Å². The van der Waals surface area contributed by atoms with E-state index in [1.54, 1.807) is 0 Å². The van der Waals surface area contributed by atoms with E-state index < -0.39 is 0 Å². The molecule has 0 saturated carbocycles. The lowest BCUT2D eigenvalue weighted by Crippen LogP contribution is -2.39. The SMILES string of the molecule is C=C1Oc2ccccc2OC1CN(CC)CC. The minimum atomic E-state index is -0.0789. The molecule has 0 aliphatic carbocycles. The van der Waals surface area contributed by atoms with Gasteiger partial charge in [0.15, 0.2) is 17.6 Å². The van der Waals surface area contributed by atoms with Crippen LogP contribution >= 0.6 is 0 Å². The molecular formula is C14H19NO2. The molecule has 0 fully saturated rings. The van der Waals surface area contributed by atoms with Gasteiger partial charge in [-0.25, -0.2) is 0 Å². The van der Waals surface area contributed by atoms with E-state index in [0.717, 1.165) is 31.1 Å². The number of ether oxygens (including phenoxy) is 2. The number of hydrogen-bond donors (Lipinski definition) is 0. The average molecular weight is 233 g/mol. The Morgan fingerprint density at radius 3 is 2.47 bits per heavy atom. The van der Waals surface area contributed by atoms with Crippen LogP contribution in [-0.4, -0.2) is 30.6 Å². The summed E-state index contributed by atoms with van der Waals surface area (Å²) in [5.41, 5.74) is 0. The van der Waals surface area contributed by atoms with Gasteiger partial charge in [-0.3, -0.25) is 4.90 Å². The third kappa shape index (κ3) is 2.61. The largest absolute Gasteiger partial charge is 0.477 e. The van der Waals surface area contributed by atoms with Crippen LogP contribution in [0.2, 0.25) is 0 Å². The Kier molecular flexibility index (Phi) is 3.69. The van der Waals surface area contributed by atoms with Gasteiger partial charge in [0.2, 0.25) is 0 Å². The highest BCUT2D eigenvalue weighted by Crippen LogP contribution is 2.34. The topological polar surface area (TPSA) is 21.7 Å². The fourth-order valence-electron chi connectivity index (χ4n) is 1.91. The van der Waals surface area contributed by atoms with Gasteiger partial charge in [0.1, 0.15) is 5.76 Å². The molecule has 0 bridgehead atoms. The minimum absolute atomic E-state index is 0.0789. The van der Waals surface area contributed by atoms with Crippen LogP contribution in [-0.2, 0) is 0 Å². The van der Waals surface area contributed by atoms with Crippen molar-refractivity contribution < 1.29 is 9.47 Å². The molecule has 17 heavy (non-hydrogen) atoms. The molecule has 1 aliphatic heterocycles. The van der Waals surface area contributed by atoms with Crippen molar-refractivity contribution in [1.82, 2.24) is 4.90 Å². The molecule has 1 atom stereocenters. The second-order valence-electron chi connectivity index (χ2n) is 4.11. The molecule has 0 N–H and O–H groups in total. The Hall–Kier alpha value is -1.48. The number of hydrogen-bond acceptors (Lipinski definition) is 3. The van der Waals surface area contributed by atoms with E-state index in [1.165, 1.54) is 0 Å². The lowest BCUT2D eigenvalue weighted by atomic mass is 10.2. The summed E-state index contributed by atoms with van der Waals surface area (Å²) in [6.45, 7) is 11.1. The van der Waals surface area contributed by atoms with Gasteiger partial charge in [-0.2, -0.15) is 0 Å². The molecule has 3 nitrogen and oxygen atoms in total. The average Bonchev–Trinajstić information content (AvgIpc) is 2.36. The second kappa shape index (κ2) is 5.23. The summed E-state index contributed by atoms with van der Waals surface area (Å²) in [5.74, 6) is 2.25. The highest BCUT2D eigenvalue weighted by Gasteiger charge is 2.25. The Bertz CT molecular complexity index is 399. The van der Waals surface area contributed by atoms with Gasteiger partial charge >= 0.3 is 0 Å². The fraction of sp³-hybridized carbons (Fsp3) is 0.429. The van der Waals surface area contributed by atoms with Crippen LogP contribution in [0.1, 0.15) is 13.8 Å². The smallest absolute Gasteiger partial charge is 0.169 e. The molecule has 1 aromatic rings. The summed E-state index contributed by atoms with van der Waals surface area (Å²) in [5, 5.41) is 0. The zero-order valence-corrected chi connectivity index (χ0v) is 10.5. The van der Waals surface area contributed by atoms with Gasteiger partial charge < -0.3 is 9.47 Å². The number of rotatable bonds is 4. The maximum Gasteiger partial charge on any atom is 0.169 e. The van der Waals surface area contributed by atoms with Gasteiger partial charge in [-0.1, -0.05) is 32.6 Å². The standard InChI is InChI=1S/C14H19NO2/c1-4-15(5-2)10-14-11(3)16-12-8-6-7-9-13(12)17-14/h6-9,14H,3-5,10H2,1-2H3. The Balaban J connectivity index is 2.09. The van der Waals surface area contributed by atoms with Crippen LogP contribution in [0.15, 0.2) is 36.6 Å². The van der Waals surface area contributed by atoms with Gasteiger partial charge in [0.05, 0.1) is 0 Å². The van der Waals surface area contributed by atoms with Crippen molar-refractivity contribution in [1.29, 1.82) is 0 Å². The quantitative estimate of drug-likeness (QED) is 0.798. The molecule has 1 heterocycles. The van der Waals surface area contributed by atoms with Crippen molar-refractivity contribution in [2.75, 3.05) is 19.6 Å². The first-order valence-corrected chi connectivity index (χ1v) is 6.09. The summed E-state index contributed by atoms with van der Waals surface area (Å²) < 4.78 is 11.6. The van der Waals surface area contributed by atoms with E-state index >= 15 is 0 Å². The van der Waals surface area contributed by atoms with Gasteiger partial charge in [-0.05, 0) is 25.2 Å². The van der Waals surface area contributed by atoms with Crippen LogP contribution < -0.4 is 9.47 Å². The monoisotopic (exact) mass is 233 g/mol. The Morgan fingerprint density at radius 1 is 1.18 bits per heavy atom. The molecule has 1 aliphatic rings. The molecule has 2 rings (SSSR count). The number of likely N-dealkylation sites (N-methyl/N-ethyl adjacent to an activating group) is 1. The first-order valence-electron chi connectivity index (χ1n) is 6.09. The van der Waals surface area contributed by atoms with Crippen LogP contribution in [0.3, 0.4) is 0 Å². The van der Waals surface area contributed by atoms with Crippen molar-refractivity contribution >= 4 is 0 Å². The minimum Gasteiger partial charge on any atom is -0.477 e. The van der Waals surface area contributed by atoms with Gasteiger partial charge in [0, 0.05) is 6.54 Å². The van der Waals surface area contributed by atoms with E-state index in [4.69, 9.17) is 9.47 Å². The molecule has 92 valence electrons. The third-order valence-electron chi connectivity index (χ3n) is 3.04. The van der Waals surface area contributed by atoms with Crippen molar-refractivity contribution in [3.8, 4) is 11.5 Å². The van der Waals surface area contributed by atoms with E-state index in [1.807, 2.05) is 24.3 Å². The van der Waals surface area contributed by atoms with Crippen molar-refractivity contribution in [2.24, 2.45) is 0 Å². The van der Waals surface area contributed by atoms with E-state index in [-0.39, 0.29) is 6.10 Å². The molecule has 1 unspecified atom stereocenters. The third-order valence-corrected chi connectivity index (χ3v) is 3.04. The number of para-hydroxylation sites is 2. The zero-order valence-electron chi connectivity index (χ0n) is 10.5. The second-order valence-corrected chi connectivity index (χ2v) is 4.11. The fourth-order valence-corrected chi connectivity index (χ4v) is 1.91. The number of nitrogens with zero attached hydrogens (tertiary/aromatic N) is 1. The Labute approximate surface area is 103 Å². The molecule has 0 radical (unpaired) electrons. The number of benzene rings is 1. The molecule has 0 amide bonds. The van der Waals surface area contributed by atoms with Crippen molar-refractivity contribution in [2.45, 2.75) is 20.0 Å². The maximum atomic E-state index is 5.91. The molecule has 0 aromatic heterocycles. The summed E-state index contributed by atoms with van der Waals surface area (Å²) in [6, 6.07) is 7.70. The first-order chi connectivity index (χ1) is 8.24. The van der Waals surface area contributed by atoms with Crippen LogP contribution in [0, 0.1) is 0 Å². The Morgan fingerprint density at radius 2 is 1.82 bits per heavy atom. The zero-order chi connectivity index (χ0) is 12.3. The van der Waals surface area contributed by atoms with Crippen LogP contribution in [0.25, 0.3) is 0 Å². The molecule has 3 heteroatoms. The first kappa shape index (κ1) is 12.0. The van der Waals surface area contributed by atoms with Crippen molar-refractivity contribution in [3.05, 3.63) is 36.6 Å². The maximum absolute atomic E-state index is 5.91. The highest BCUT2D eigenvalue weighted by atomic mass is 16.6. The lowest BCUT2D eigenvalue weighted by Gasteiger charge is -2.31. The van der Waals surface area contributed by atoms with Crippen LogP contribution in [0.5, 0.6) is 11.5 Å². The van der Waals surface area contributed by atoms with E-state index in [9.17, 15) is 0 Å². The molecular weight excluding hydrogens is 214 g/mol. The highest BCUT2D eigenvalue weighted by molar-refractivity contribution is 5.43. The van der Waals surface area contributed by atoms with Crippen LogP contribution in [0.4, 0.5) is 0 Å². The summed E-state index contributed by atoms with van der Waals surface area (Å²) in [7, 11) is 0. The predicted molar refractivity (Wildman–Crippen MR) is 68.4 cm³/mol. The summed E-state index contributed by atoms with van der Waals surface area (Å²) in [6.07, 6.45) is -0.0789. The molecule has 0 saturated heterocycles. The summed E-state index contributed by atoms with van der Waals surface area (Å²) >= 11 is 0. The predicted octanol–water partition coefficient (Wildman–Crippen LogP) is 2.68. The molecule has 1 aromatic carbocycles. The number of fused-ring (bicyclic) bond motifs is 1. The van der Waals surface area contributed by atoms with Crippen molar-refractivity contribution in [3.63, 3.8) is 0 Å². The normalized spacial score (nSPS) is 18.5. The van der Waals surface area contributed by atoms with Gasteiger partial charge in [-0.15, -0.1) is 0 Å². The van der Waals surface area contributed by atoms with Gasteiger partial charge in [0.25, 0.3) is 0 Å². The molecule has 0 spiro atoms. The summed E-state index contributed by atoms with van der Waals surface area (Å²) in [4.78, 5) is 2.30. The lowest BCUT2D eigenvalue weighted by molar-refractivity contribution is 0.107.